The molecule has 0 aliphatic carbocycles. The minimum atomic E-state index is -0.213. The molecule has 1 saturated heterocycles. The Morgan fingerprint density at radius 1 is 1.00 bits per heavy atom. The maximum absolute atomic E-state index is 13.0. The van der Waals surface area contributed by atoms with Crippen LogP contribution < -0.4 is 15.5 Å². The van der Waals surface area contributed by atoms with Crippen LogP contribution in [0.15, 0.2) is 34.9 Å². The van der Waals surface area contributed by atoms with E-state index in [1.165, 1.54) is 12.1 Å². The van der Waals surface area contributed by atoms with E-state index in [2.05, 4.69) is 35.7 Å². The quantitative estimate of drug-likeness (QED) is 0.841. The predicted octanol–water partition coefficient (Wildman–Crippen LogP) is 2.29. The van der Waals surface area contributed by atoms with Gasteiger partial charge in [0.1, 0.15) is 16.2 Å². The van der Waals surface area contributed by atoms with Gasteiger partial charge < -0.3 is 15.5 Å². The number of benzene rings is 1. The van der Waals surface area contributed by atoms with Gasteiger partial charge in [0.25, 0.3) is 0 Å². The van der Waals surface area contributed by atoms with Gasteiger partial charge in [-0.1, -0.05) is 0 Å². The number of piperazine rings is 1. The molecular weight excluding hydrogens is 337 g/mol. The topological polar surface area (TPSA) is 58.3 Å². The Morgan fingerprint density at radius 3 is 2.24 bits per heavy atom. The second-order valence-corrected chi connectivity index (χ2v) is 5.68. The standard InChI is InChI=1S/C14H15BrFN5/c15-12-9-13(17)19-14(18-12)21-7-5-20(6-8-21)11-3-1-10(16)2-4-11/h1-4,9H,5-8H2,(H2,17,18,19). The number of anilines is 3. The van der Waals surface area contributed by atoms with Gasteiger partial charge >= 0.3 is 0 Å². The molecule has 2 aromatic rings. The average molecular weight is 352 g/mol. The molecule has 1 aliphatic heterocycles. The molecule has 3 rings (SSSR count). The Hall–Kier alpha value is -1.89. The second-order valence-electron chi connectivity index (χ2n) is 4.87. The lowest BCUT2D eigenvalue weighted by atomic mass is 10.2. The van der Waals surface area contributed by atoms with Gasteiger partial charge in [0.05, 0.1) is 0 Å². The van der Waals surface area contributed by atoms with E-state index >= 15 is 0 Å². The van der Waals surface area contributed by atoms with Gasteiger partial charge in [-0.25, -0.2) is 9.37 Å². The molecule has 2 heterocycles. The Balaban J connectivity index is 1.68. The molecule has 1 fully saturated rings. The first-order valence-corrected chi connectivity index (χ1v) is 7.46. The predicted molar refractivity (Wildman–Crippen MR) is 85.0 cm³/mol. The van der Waals surface area contributed by atoms with Crippen LogP contribution >= 0.6 is 15.9 Å². The molecule has 0 radical (unpaired) electrons. The van der Waals surface area contributed by atoms with Crippen molar-refractivity contribution < 1.29 is 4.39 Å². The molecule has 1 aromatic carbocycles. The van der Waals surface area contributed by atoms with Crippen molar-refractivity contribution in [3.8, 4) is 0 Å². The highest BCUT2D eigenvalue weighted by molar-refractivity contribution is 9.10. The SMILES string of the molecule is Nc1cc(Br)nc(N2CCN(c3ccc(F)cc3)CC2)n1. The van der Waals surface area contributed by atoms with Gasteiger partial charge in [-0.15, -0.1) is 0 Å². The van der Waals surface area contributed by atoms with Crippen LogP contribution in [-0.4, -0.2) is 36.1 Å². The van der Waals surface area contributed by atoms with Gasteiger partial charge in [-0.05, 0) is 40.2 Å². The van der Waals surface area contributed by atoms with Gasteiger partial charge in [0, 0.05) is 37.9 Å². The number of halogens is 2. The Labute approximate surface area is 130 Å². The van der Waals surface area contributed by atoms with Crippen molar-refractivity contribution in [3.05, 3.63) is 40.8 Å². The molecule has 110 valence electrons. The fourth-order valence-corrected chi connectivity index (χ4v) is 2.77. The summed E-state index contributed by atoms with van der Waals surface area (Å²) in [5.41, 5.74) is 6.78. The molecule has 1 aliphatic rings. The molecule has 0 saturated carbocycles. The zero-order valence-electron chi connectivity index (χ0n) is 11.3. The number of aromatic nitrogens is 2. The minimum absolute atomic E-state index is 0.213. The van der Waals surface area contributed by atoms with Gasteiger partial charge in [0.15, 0.2) is 0 Å². The summed E-state index contributed by atoms with van der Waals surface area (Å²) in [6.07, 6.45) is 0. The first-order chi connectivity index (χ1) is 10.1. The molecule has 0 spiro atoms. The van der Waals surface area contributed by atoms with E-state index in [1.807, 2.05) is 0 Å². The van der Waals surface area contributed by atoms with Crippen molar-refractivity contribution in [3.63, 3.8) is 0 Å². The molecule has 5 nitrogen and oxygen atoms in total. The van der Waals surface area contributed by atoms with E-state index in [0.29, 0.717) is 16.4 Å². The molecule has 1 aromatic heterocycles. The maximum atomic E-state index is 13.0. The summed E-state index contributed by atoms with van der Waals surface area (Å²) < 4.78 is 13.6. The lowest BCUT2D eigenvalue weighted by Crippen LogP contribution is -2.47. The summed E-state index contributed by atoms with van der Waals surface area (Å²) in [5, 5.41) is 0. The van der Waals surface area contributed by atoms with Gasteiger partial charge in [0.2, 0.25) is 5.95 Å². The number of nitrogens with zero attached hydrogens (tertiary/aromatic N) is 4. The van der Waals surface area contributed by atoms with E-state index in [0.717, 1.165) is 31.9 Å². The Kier molecular flexibility index (Phi) is 3.92. The fraction of sp³-hybridized carbons (Fsp3) is 0.286. The van der Waals surface area contributed by atoms with E-state index in [1.54, 1.807) is 18.2 Å². The highest BCUT2D eigenvalue weighted by atomic mass is 79.9. The highest BCUT2D eigenvalue weighted by Gasteiger charge is 2.19. The third-order valence-electron chi connectivity index (χ3n) is 3.46. The zero-order chi connectivity index (χ0) is 14.8. The molecule has 0 amide bonds. The third kappa shape index (κ3) is 3.24. The number of nitrogen functional groups attached to an aromatic ring is 1. The first-order valence-electron chi connectivity index (χ1n) is 6.67. The summed E-state index contributed by atoms with van der Waals surface area (Å²) in [7, 11) is 0. The van der Waals surface area contributed by atoms with Crippen molar-refractivity contribution >= 4 is 33.4 Å². The lowest BCUT2D eigenvalue weighted by Gasteiger charge is -2.36. The summed E-state index contributed by atoms with van der Waals surface area (Å²) >= 11 is 3.33. The summed E-state index contributed by atoms with van der Waals surface area (Å²) in [5.74, 6) is 0.879. The molecule has 0 unspecified atom stereocenters. The van der Waals surface area contributed by atoms with Gasteiger partial charge in [-0.2, -0.15) is 4.98 Å². The monoisotopic (exact) mass is 351 g/mol. The zero-order valence-corrected chi connectivity index (χ0v) is 12.9. The molecule has 21 heavy (non-hydrogen) atoms. The lowest BCUT2D eigenvalue weighted by molar-refractivity contribution is 0.623. The second kappa shape index (κ2) is 5.85. The highest BCUT2D eigenvalue weighted by Crippen LogP contribution is 2.20. The number of rotatable bonds is 2. The van der Waals surface area contributed by atoms with Gasteiger partial charge in [-0.3, -0.25) is 0 Å². The van der Waals surface area contributed by atoms with Crippen LogP contribution in [0.5, 0.6) is 0 Å². The Bertz CT molecular complexity index is 606. The molecule has 0 atom stereocenters. The van der Waals surface area contributed by atoms with Crippen LogP contribution in [0.1, 0.15) is 0 Å². The van der Waals surface area contributed by atoms with Crippen molar-refractivity contribution in [2.45, 2.75) is 0 Å². The van der Waals surface area contributed by atoms with Crippen molar-refractivity contribution in [2.75, 3.05) is 41.7 Å². The third-order valence-corrected chi connectivity index (χ3v) is 3.86. The van der Waals surface area contributed by atoms with Crippen LogP contribution in [0.3, 0.4) is 0 Å². The van der Waals surface area contributed by atoms with E-state index in [-0.39, 0.29) is 5.82 Å². The summed E-state index contributed by atoms with van der Waals surface area (Å²) in [4.78, 5) is 12.9. The molecular formula is C14H15BrFN5. The van der Waals surface area contributed by atoms with Crippen LogP contribution in [0.25, 0.3) is 0 Å². The average Bonchev–Trinajstić information content (AvgIpc) is 2.47. The van der Waals surface area contributed by atoms with Crippen LogP contribution in [0, 0.1) is 5.82 Å². The van der Waals surface area contributed by atoms with Crippen molar-refractivity contribution in [2.24, 2.45) is 0 Å². The normalized spacial score (nSPS) is 15.3. The van der Waals surface area contributed by atoms with Crippen LogP contribution in [0.4, 0.5) is 21.8 Å². The van der Waals surface area contributed by atoms with E-state index in [4.69, 9.17) is 5.73 Å². The maximum Gasteiger partial charge on any atom is 0.228 e. The van der Waals surface area contributed by atoms with Crippen molar-refractivity contribution in [1.29, 1.82) is 0 Å². The smallest absolute Gasteiger partial charge is 0.228 e. The first kappa shape index (κ1) is 14.1. The Morgan fingerprint density at radius 2 is 1.62 bits per heavy atom. The molecule has 2 N–H and O–H groups in total. The molecule has 0 bridgehead atoms. The van der Waals surface area contributed by atoms with E-state index in [9.17, 15) is 4.39 Å². The number of hydrogen-bond acceptors (Lipinski definition) is 5. The van der Waals surface area contributed by atoms with Crippen molar-refractivity contribution in [1.82, 2.24) is 9.97 Å². The largest absolute Gasteiger partial charge is 0.383 e. The van der Waals surface area contributed by atoms with Crippen LogP contribution in [0.2, 0.25) is 0 Å². The van der Waals surface area contributed by atoms with E-state index < -0.39 is 0 Å². The minimum Gasteiger partial charge on any atom is -0.383 e. The summed E-state index contributed by atoms with van der Waals surface area (Å²) in [6.45, 7) is 3.27. The molecule has 7 heteroatoms. The summed E-state index contributed by atoms with van der Waals surface area (Å²) in [6, 6.07) is 8.26. The number of nitrogens with two attached hydrogens (primary N) is 1. The van der Waals surface area contributed by atoms with Crippen LogP contribution in [-0.2, 0) is 0 Å². The number of hydrogen-bond donors (Lipinski definition) is 1. The fourth-order valence-electron chi connectivity index (χ4n) is 2.38.